The van der Waals surface area contributed by atoms with Crippen molar-refractivity contribution in [1.29, 1.82) is 0 Å². The summed E-state index contributed by atoms with van der Waals surface area (Å²) in [5.41, 5.74) is 2.06. The Kier molecular flexibility index (Phi) is 4.54. The largest absolute Gasteiger partial charge is 0.477 e. The topological polar surface area (TPSA) is 74.4 Å². The second-order valence-corrected chi connectivity index (χ2v) is 6.55. The zero-order valence-electron chi connectivity index (χ0n) is 15.1. The molecule has 2 amide bonds. The maximum Gasteiger partial charge on any atom is 0.274 e. The van der Waals surface area contributed by atoms with Gasteiger partial charge in [-0.15, -0.1) is 0 Å². The fraction of sp³-hybridized carbons (Fsp3) is 0.238. The van der Waals surface area contributed by atoms with Gasteiger partial charge in [0.15, 0.2) is 6.10 Å². The summed E-state index contributed by atoms with van der Waals surface area (Å²) in [6, 6.07) is 16.9. The number of nitrogens with zero attached hydrogens (tertiary/aromatic N) is 1. The standard InChI is InChI=1S/C21H21N3O3/c1-2-11-22-20(25)19-13-24(17-9-5-6-10-18(17)27-19)21(26)16-12-14-7-3-4-8-15(14)23-16/h3-10,12,19,23H,2,11,13H2,1H3,(H,22,25)/t19-/m1/s1. The molecule has 1 atom stereocenters. The quantitative estimate of drug-likeness (QED) is 0.748. The van der Waals surface area contributed by atoms with Crippen molar-refractivity contribution in [2.45, 2.75) is 19.4 Å². The first kappa shape index (κ1) is 17.1. The van der Waals surface area contributed by atoms with Gasteiger partial charge < -0.3 is 15.0 Å². The fourth-order valence-corrected chi connectivity index (χ4v) is 3.26. The predicted octanol–water partition coefficient (Wildman–Crippen LogP) is 3.10. The molecule has 0 saturated heterocycles. The molecular formula is C21H21N3O3. The Morgan fingerprint density at radius 2 is 1.96 bits per heavy atom. The highest BCUT2D eigenvalue weighted by molar-refractivity contribution is 6.09. The first-order valence-corrected chi connectivity index (χ1v) is 9.10. The molecule has 1 aliphatic rings. The fourth-order valence-electron chi connectivity index (χ4n) is 3.26. The van der Waals surface area contributed by atoms with E-state index in [1.54, 1.807) is 11.0 Å². The molecule has 1 aliphatic heterocycles. The Hall–Kier alpha value is -3.28. The van der Waals surface area contributed by atoms with E-state index in [9.17, 15) is 9.59 Å². The number of aromatic nitrogens is 1. The van der Waals surface area contributed by atoms with Crippen LogP contribution in [0.3, 0.4) is 0 Å². The Morgan fingerprint density at radius 3 is 2.78 bits per heavy atom. The zero-order chi connectivity index (χ0) is 18.8. The van der Waals surface area contributed by atoms with Crippen molar-refractivity contribution in [3.05, 3.63) is 60.3 Å². The van der Waals surface area contributed by atoms with E-state index in [0.717, 1.165) is 17.3 Å². The normalized spacial score (nSPS) is 15.9. The summed E-state index contributed by atoms with van der Waals surface area (Å²) in [7, 11) is 0. The van der Waals surface area contributed by atoms with Gasteiger partial charge in [-0.05, 0) is 30.7 Å². The number of carbonyl (C=O) groups excluding carboxylic acids is 2. The van der Waals surface area contributed by atoms with E-state index in [2.05, 4.69) is 10.3 Å². The third-order valence-electron chi connectivity index (χ3n) is 4.62. The highest BCUT2D eigenvalue weighted by Crippen LogP contribution is 2.34. The molecule has 27 heavy (non-hydrogen) atoms. The number of H-pyrrole nitrogens is 1. The minimum atomic E-state index is -0.736. The van der Waals surface area contributed by atoms with Gasteiger partial charge in [0.1, 0.15) is 11.4 Å². The van der Waals surface area contributed by atoms with Gasteiger partial charge in [-0.25, -0.2) is 0 Å². The molecule has 2 heterocycles. The monoisotopic (exact) mass is 363 g/mol. The van der Waals surface area contributed by atoms with Crippen LogP contribution in [0, 0.1) is 0 Å². The third-order valence-corrected chi connectivity index (χ3v) is 4.62. The molecular weight excluding hydrogens is 342 g/mol. The summed E-state index contributed by atoms with van der Waals surface area (Å²) in [6.45, 7) is 2.74. The smallest absolute Gasteiger partial charge is 0.274 e. The Morgan fingerprint density at radius 1 is 1.19 bits per heavy atom. The lowest BCUT2D eigenvalue weighted by atomic mass is 10.1. The maximum absolute atomic E-state index is 13.2. The lowest BCUT2D eigenvalue weighted by Crippen LogP contribution is -2.51. The molecule has 0 fully saturated rings. The van der Waals surface area contributed by atoms with Gasteiger partial charge >= 0.3 is 0 Å². The molecule has 0 radical (unpaired) electrons. The number of anilines is 1. The van der Waals surface area contributed by atoms with Crippen LogP contribution in [0.25, 0.3) is 10.9 Å². The number of ether oxygens (including phenoxy) is 1. The Labute approximate surface area is 157 Å². The number of aromatic amines is 1. The predicted molar refractivity (Wildman–Crippen MR) is 104 cm³/mol. The molecule has 2 N–H and O–H groups in total. The lowest BCUT2D eigenvalue weighted by Gasteiger charge is -2.34. The highest BCUT2D eigenvalue weighted by Gasteiger charge is 2.34. The minimum absolute atomic E-state index is 0.167. The number of benzene rings is 2. The highest BCUT2D eigenvalue weighted by atomic mass is 16.5. The summed E-state index contributed by atoms with van der Waals surface area (Å²) in [4.78, 5) is 30.4. The molecule has 138 valence electrons. The molecule has 2 aromatic carbocycles. The molecule has 6 nitrogen and oxygen atoms in total. The van der Waals surface area contributed by atoms with E-state index >= 15 is 0 Å². The molecule has 3 aromatic rings. The second-order valence-electron chi connectivity index (χ2n) is 6.55. The first-order chi connectivity index (χ1) is 13.2. The summed E-state index contributed by atoms with van der Waals surface area (Å²) in [6.07, 6.45) is 0.104. The van der Waals surface area contributed by atoms with Crippen LogP contribution in [0.4, 0.5) is 5.69 Å². The van der Waals surface area contributed by atoms with Crippen LogP contribution >= 0.6 is 0 Å². The van der Waals surface area contributed by atoms with Crippen LogP contribution in [-0.2, 0) is 4.79 Å². The zero-order valence-corrected chi connectivity index (χ0v) is 15.1. The van der Waals surface area contributed by atoms with Crippen molar-refractivity contribution in [2.75, 3.05) is 18.0 Å². The number of carbonyl (C=O) groups is 2. The minimum Gasteiger partial charge on any atom is -0.477 e. The van der Waals surface area contributed by atoms with Crippen LogP contribution < -0.4 is 15.0 Å². The van der Waals surface area contributed by atoms with Crippen LogP contribution in [-0.4, -0.2) is 36.0 Å². The van der Waals surface area contributed by atoms with Gasteiger partial charge in [-0.1, -0.05) is 37.3 Å². The molecule has 4 rings (SSSR count). The van der Waals surface area contributed by atoms with Gasteiger partial charge in [0.2, 0.25) is 0 Å². The summed E-state index contributed by atoms with van der Waals surface area (Å²) in [5, 5.41) is 3.82. The van der Waals surface area contributed by atoms with Crippen LogP contribution in [0.15, 0.2) is 54.6 Å². The third kappa shape index (κ3) is 3.26. The number of rotatable bonds is 4. The van der Waals surface area contributed by atoms with Gasteiger partial charge in [-0.2, -0.15) is 0 Å². The number of nitrogens with one attached hydrogen (secondary N) is 2. The number of para-hydroxylation sites is 3. The second kappa shape index (κ2) is 7.15. The summed E-state index contributed by atoms with van der Waals surface area (Å²) in [5.74, 6) is 0.140. The van der Waals surface area contributed by atoms with E-state index in [4.69, 9.17) is 4.74 Å². The van der Waals surface area contributed by atoms with Crippen molar-refractivity contribution in [1.82, 2.24) is 10.3 Å². The van der Waals surface area contributed by atoms with Gasteiger partial charge in [-0.3, -0.25) is 14.5 Å². The van der Waals surface area contributed by atoms with E-state index in [1.165, 1.54) is 0 Å². The molecule has 6 heteroatoms. The Bertz CT molecular complexity index is 962. The molecule has 0 aliphatic carbocycles. The van der Waals surface area contributed by atoms with Crippen molar-refractivity contribution in [3.8, 4) is 5.75 Å². The Balaban J connectivity index is 1.67. The molecule has 0 spiro atoms. The number of hydrogen-bond donors (Lipinski definition) is 2. The van der Waals surface area contributed by atoms with Gasteiger partial charge in [0.05, 0.1) is 12.2 Å². The van der Waals surface area contributed by atoms with Gasteiger partial charge in [0, 0.05) is 17.4 Å². The van der Waals surface area contributed by atoms with Crippen molar-refractivity contribution in [2.24, 2.45) is 0 Å². The summed E-state index contributed by atoms with van der Waals surface area (Å²) < 4.78 is 5.85. The number of hydrogen-bond acceptors (Lipinski definition) is 3. The van der Waals surface area contributed by atoms with E-state index in [-0.39, 0.29) is 18.4 Å². The number of fused-ring (bicyclic) bond motifs is 2. The lowest BCUT2D eigenvalue weighted by molar-refractivity contribution is -0.127. The average Bonchev–Trinajstić information content (AvgIpc) is 3.15. The van der Waals surface area contributed by atoms with Crippen LogP contribution in [0.2, 0.25) is 0 Å². The molecule has 0 unspecified atom stereocenters. The molecule has 0 bridgehead atoms. The maximum atomic E-state index is 13.2. The van der Waals surface area contributed by atoms with E-state index < -0.39 is 6.10 Å². The van der Waals surface area contributed by atoms with E-state index in [0.29, 0.717) is 23.7 Å². The van der Waals surface area contributed by atoms with Crippen LogP contribution in [0.1, 0.15) is 23.8 Å². The van der Waals surface area contributed by atoms with Crippen molar-refractivity contribution in [3.63, 3.8) is 0 Å². The summed E-state index contributed by atoms with van der Waals surface area (Å²) >= 11 is 0. The van der Waals surface area contributed by atoms with Crippen molar-refractivity contribution < 1.29 is 14.3 Å². The average molecular weight is 363 g/mol. The van der Waals surface area contributed by atoms with E-state index in [1.807, 2.05) is 55.5 Å². The first-order valence-electron chi connectivity index (χ1n) is 9.10. The van der Waals surface area contributed by atoms with Crippen LogP contribution in [0.5, 0.6) is 5.75 Å². The number of amides is 2. The van der Waals surface area contributed by atoms with Gasteiger partial charge in [0.25, 0.3) is 11.8 Å². The molecule has 0 saturated carbocycles. The SMILES string of the molecule is CCCNC(=O)[C@H]1CN(C(=O)c2cc3ccccc3[nH]2)c2ccccc2O1. The molecule has 1 aromatic heterocycles. The van der Waals surface area contributed by atoms with Crippen molar-refractivity contribution >= 4 is 28.4 Å².